The molecule has 4 nitrogen and oxygen atoms in total. The van der Waals surface area contributed by atoms with Crippen molar-refractivity contribution in [1.82, 2.24) is 10.6 Å². The SMILES string of the molecule is COCCNC(=O)CCNC/C=C/c1ccccc1. The first-order valence-corrected chi connectivity index (χ1v) is 6.51. The van der Waals surface area contributed by atoms with E-state index < -0.39 is 0 Å². The van der Waals surface area contributed by atoms with Crippen molar-refractivity contribution in [2.45, 2.75) is 6.42 Å². The molecule has 2 N–H and O–H groups in total. The van der Waals surface area contributed by atoms with Gasteiger partial charge in [-0.2, -0.15) is 0 Å². The quantitative estimate of drug-likeness (QED) is 0.662. The lowest BCUT2D eigenvalue weighted by molar-refractivity contribution is -0.121. The van der Waals surface area contributed by atoms with Gasteiger partial charge < -0.3 is 15.4 Å². The monoisotopic (exact) mass is 262 g/mol. The summed E-state index contributed by atoms with van der Waals surface area (Å²) in [6.45, 7) is 2.57. The van der Waals surface area contributed by atoms with Gasteiger partial charge in [-0.25, -0.2) is 0 Å². The van der Waals surface area contributed by atoms with Gasteiger partial charge in [0, 0.05) is 33.2 Å². The Morgan fingerprint density at radius 1 is 1.26 bits per heavy atom. The fourth-order valence-electron chi connectivity index (χ4n) is 1.53. The van der Waals surface area contributed by atoms with E-state index in [1.807, 2.05) is 18.2 Å². The molecule has 104 valence electrons. The maximum absolute atomic E-state index is 11.3. The zero-order valence-corrected chi connectivity index (χ0v) is 11.4. The molecule has 0 saturated heterocycles. The number of carbonyl (C=O) groups is 1. The van der Waals surface area contributed by atoms with Crippen molar-refractivity contribution < 1.29 is 9.53 Å². The van der Waals surface area contributed by atoms with Gasteiger partial charge in [0.15, 0.2) is 0 Å². The Morgan fingerprint density at radius 3 is 2.79 bits per heavy atom. The number of rotatable bonds is 9. The lowest BCUT2D eigenvalue weighted by Gasteiger charge is -2.04. The molecule has 0 radical (unpaired) electrons. The normalized spacial score (nSPS) is 10.8. The first-order valence-electron chi connectivity index (χ1n) is 6.51. The molecule has 1 aromatic carbocycles. The van der Waals surface area contributed by atoms with Crippen LogP contribution in [0.1, 0.15) is 12.0 Å². The molecule has 4 heteroatoms. The van der Waals surface area contributed by atoms with Gasteiger partial charge in [-0.1, -0.05) is 42.5 Å². The highest BCUT2D eigenvalue weighted by Crippen LogP contribution is 1.99. The maximum atomic E-state index is 11.3. The Labute approximate surface area is 114 Å². The average molecular weight is 262 g/mol. The Hall–Kier alpha value is -1.65. The summed E-state index contributed by atoms with van der Waals surface area (Å²) in [6.07, 6.45) is 4.60. The third-order valence-electron chi connectivity index (χ3n) is 2.53. The smallest absolute Gasteiger partial charge is 0.221 e. The summed E-state index contributed by atoms with van der Waals surface area (Å²) in [5.74, 6) is 0.0524. The topological polar surface area (TPSA) is 50.4 Å². The van der Waals surface area contributed by atoms with Gasteiger partial charge in [-0.3, -0.25) is 4.79 Å². The highest BCUT2D eigenvalue weighted by molar-refractivity contribution is 5.76. The van der Waals surface area contributed by atoms with Crippen LogP contribution in [-0.4, -0.2) is 39.3 Å². The molecule has 1 rings (SSSR count). The number of carbonyl (C=O) groups excluding carboxylic acids is 1. The Morgan fingerprint density at radius 2 is 2.05 bits per heavy atom. The van der Waals surface area contributed by atoms with Gasteiger partial charge in [0.25, 0.3) is 0 Å². The van der Waals surface area contributed by atoms with Crippen molar-refractivity contribution in [3.63, 3.8) is 0 Å². The number of hydrogen-bond donors (Lipinski definition) is 2. The molecular weight excluding hydrogens is 240 g/mol. The third-order valence-corrected chi connectivity index (χ3v) is 2.53. The fourth-order valence-corrected chi connectivity index (χ4v) is 1.53. The predicted octanol–water partition coefficient (Wildman–Crippen LogP) is 1.44. The standard InChI is InChI=1S/C15H22N2O2/c1-19-13-12-17-15(18)9-11-16-10-5-8-14-6-3-2-4-7-14/h2-8,16H,9-13H2,1H3,(H,17,18)/b8-5+. The van der Waals surface area contributed by atoms with E-state index in [0.717, 1.165) is 6.54 Å². The van der Waals surface area contributed by atoms with E-state index in [9.17, 15) is 4.79 Å². The predicted molar refractivity (Wildman–Crippen MR) is 77.8 cm³/mol. The molecule has 0 aliphatic heterocycles. The molecule has 0 aromatic heterocycles. The summed E-state index contributed by atoms with van der Waals surface area (Å²) in [6, 6.07) is 10.1. The lowest BCUT2D eigenvalue weighted by Crippen LogP contribution is -2.30. The first kappa shape index (κ1) is 15.4. The van der Waals surface area contributed by atoms with Crippen LogP contribution in [0.15, 0.2) is 36.4 Å². The number of benzene rings is 1. The van der Waals surface area contributed by atoms with Crippen LogP contribution >= 0.6 is 0 Å². The second kappa shape index (κ2) is 10.3. The van der Waals surface area contributed by atoms with Gasteiger partial charge in [0.05, 0.1) is 6.61 Å². The molecule has 1 amide bonds. The molecule has 0 saturated carbocycles. The highest BCUT2D eigenvalue weighted by atomic mass is 16.5. The zero-order chi connectivity index (χ0) is 13.8. The largest absolute Gasteiger partial charge is 0.383 e. The second-order valence-corrected chi connectivity index (χ2v) is 4.11. The molecule has 0 bridgehead atoms. The number of amides is 1. The van der Waals surface area contributed by atoms with E-state index in [1.54, 1.807) is 7.11 Å². The van der Waals surface area contributed by atoms with E-state index >= 15 is 0 Å². The van der Waals surface area contributed by atoms with E-state index in [0.29, 0.717) is 26.1 Å². The summed E-state index contributed by atoms with van der Waals surface area (Å²) in [5, 5.41) is 5.98. The van der Waals surface area contributed by atoms with Crippen molar-refractivity contribution in [3.05, 3.63) is 42.0 Å². The van der Waals surface area contributed by atoms with Gasteiger partial charge >= 0.3 is 0 Å². The van der Waals surface area contributed by atoms with Crippen LogP contribution in [0.4, 0.5) is 0 Å². The van der Waals surface area contributed by atoms with E-state index in [2.05, 4.69) is 34.9 Å². The van der Waals surface area contributed by atoms with Gasteiger partial charge in [-0.15, -0.1) is 0 Å². The minimum atomic E-state index is 0.0524. The van der Waals surface area contributed by atoms with Gasteiger partial charge in [-0.05, 0) is 5.56 Å². The summed E-state index contributed by atoms with van der Waals surface area (Å²) < 4.78 is 4.85. The molecule has 0 heterocycles. The highest BCUT2D eigenvalue weighted by Gasteiger charge is 1.98. The Balaban J connectivity index is 2.02. The van der Waals surface area contributed by atoms with Crippen LogP contribution in [-0.2, 0) is 9.53 Å². The Bertz CT molecular complexity index is 377. The molecule has 0 fully saturated rings. The van der Waals surface area contributed by atoms with Gasteiger partial charge in [0.1, 0.15) is 0 Å². The molecule has 0 aliphatic carbocycles. The zero-order valence-electron chi connectivity index (χ0n) is 11.4. The molecule has 0 aliphatic rings. The summed E-state index contributed by atoms with van der Waals surface area (Å²) in [7, 11) is 1.62. The lowest BCUT2D eigenvalue weighted by atomic mass is 10.2. The average Bonchev–Trinajstić information content (AvgIpc) is 2.44. The summed E-state index contributed by atoms with van der Waals surface area (Å²) in [5.41, 5.74) is 1.18. The molecular formula is C15H22N2O2. The van der Waals surface area contributed by atoms with Crippen LogP contribution in [0, 0.1) is 0 Å². The van der Waals surface area contributed by atoms with Crippen molar-refractivity contribution in [1.29, 1.82) is 0 Å². The summed E-state index contributed by atoms with van der Waals surface area (Å²) >= 11 is 0. The molecule has 19 heavy (non-hydrogen) atoms. The number of methoxy groups -OCH3 is 1. The molecule has 1 aromatic rings. The van der Waals surface area contributed by atoms with Crippen molar-refractivity contribution in [3.8, 4) is 0 Å². The van der Waals surface area contributed by atoms with E-state index in [4.69, 9.17) is 4.74 Å². The van der Waals surface area contributed by atoms with Crippen molar-refractivity contribution in [2.24, 2.45) is 0 Å². The first-order chi connectivity index (χ1) is 9.33. The van der Waals surface area contributed by atoms with Crippen molar-refractivity contribution in [2.75, 3.05) is 33.4 Å². The van der Waals surface area contributed by atoms with E-state index in [-0.39, 0.29) is 5.91 Å². The van der Waals surface area contributed by atoms with Crippen LogP contribution in [0.5, 0.6) is 0 Å². The van der Waals surface area contributed by atoms with Gasteiger partial charge in [0.2, 0.25) is 5.91 Å². The van der Waals surface area contributed by atoms with E-state index in [1.165, 1.54) is 5.56 Å². The maximum Gasteiger partial charge on any atom is 0.221 e. The number of hydrogen-bond acceptors (Lipinski definition) is 3. The van der Waals surface area contributed by atoms with Crippen LogP contribution < -0.4 is 10.6 Å². The third kappa shape index (κ3) is 8.13. The minimum Gasteiger partial charge on any atom is -0.383 e. The minimum absolute atomic E-state index is 0.0524. The molecule has 0 spiro atoms. The Kier molecular flexibility index (Phi) is 8.34. The van der Waals surface area contributed by atoms with Crippen LogP contribution in [0.25, 0.3) is 6.08 Å². The number of ether oxygens (including phenoxy) is 1. The summed E-state index contributed by atoms with van der Waals surface area (Å²) in [4.78, 5) is 11.3. The van der Waals surface area contributed by atoms with Crippen molar-refractivity contribution >= 4 is 12.0 Å². The number of nitrogens with one attached hydrogen (secondary N) is 2. The van der Waals surface area contributed by atoms with Crippen LogP contribution in [0.2, 0.25) is 0 Å². The fraction of sp³-hybridized carbons (Fsp3) is 0.400. The molecule has 0 atom stereocenters. The second-order valence-electron chi connectivity index (χ2n) is 4.11. The molecule has 0 unspecified atom stereocenters. The van der Waals surface area contributed by atoms with Crippen LogP contribution in [0.3, 0.4) is 0 Å².